The van der Waals surface area contributed by atoms with Crippen LogP contribution in [0.15, 0.2) is 54.2 Å². The lowest BCUT2D eigenvalue weighted by Gasteiger charge is -2.27. The van der Waals surface area contributed by atoms with Crippen molar-refractivity contribution >= 4 is 23.5 Å². The molecule has 1 aliphatic carbocycles. The Hall–Kier alpha value is -4.02. The maximum atomic E-state index is 13.9. The standard InChI is InChI=1S/C32H32F3N3O4/c1-20-3-4-21(11-26(20)17-36-27-14-24-13-25(31(40)41-2)16-29(24)37-18-27)12-30(39)22-5-6-23(28(15-22)32(33,34)35)19-38-7-9-42-10-8-38/h3-6,11,13-15,18,36H,7-10,12,16-17,19H2,1-2H3. The molecule has 1 N–H and O–H groups in total. The van der Waals surface area contributed by atoms with E-state index >= 15 is 0 Å². The molecule has 0 amide bonds. The lowest BCUT2D eigenvalue weighted by molar-refractivity contribution is -0.138. The van der Waals surface area contributed by atoms with Crippen LogP contribution in [-0.2, 0) is 46.4 Å². The van der Waals surface area contributed by atoms with Crippen molar-refractivity contribution in [1.82, 2.24) is 9.88 Å². The normalized spacial score (nSPS) is 15.2. The van der Waals surface area contributed by atoms with Crippen molar-refractivity contribution < 1.29 is 32.2 Å². The number of aromatic nitrogens is 1. The molecule has 220 valence electrons. The third-order valence-electron chi connectivity index (χ3n) is 7.64. The Balaban J connectivity index is 1.27. The number of hydrogen-bond acceptors (Lipinski definition) is 7. The van der Waals surface area contributed by atoms with Crippen LogP contribution < -0.4 is 5.32 Å². The Morgan fingerprint density at radius 2 is 1.86 bits per heavy atom. The zero-order valence-electron chi connectivity index (χ0n) is 23.5. The number of rotatable bonds is 9. The second kappa shape index (κ2) is 12.5. The third kappa shape index (κ3) is 6.88. The molecule has 2 aromatic carbocycles. The molecular weight excluding hydrogens is 547 g/mol. The van der Waals surface area contributed by atoms with Crippen molar-refractivity contribution in [2.75, 3.05) is 38.7 Å². The van der Waals surface area contributed by atoms with Crippen LogP contribution in [0.4, 0.5) is 18.9 Å². The lowest BCUT2D eigenvalue weighted by Crippen LogP contribution is -2.36. The molecule has 0 bridgehead atoms. The fourth-order valence-corrected chi connectivity index (χ4v) is 5.22. The number of morpholine rings is 1. The minimum Gasteiger partial charge on any atom is -0.466 e. The SMILES string of the molecule is COC(=O)C1=Cc2cc(NCc3cc(CC(=O)c4ccc(CN5CCOCC5)c(C(F)(F)F)c4)ccc3C)cnc2C1. The van der Waals surface area contributed by atoms with Gasteiger partial charge < -0.3 is 14.8 Å². The van der Waals surface area contributed by atoms with E-state index in [1.807, 2.05) is 36.1 Å². The minimum absolute atomic E-state index is 0.0190. The molecule has 1 fully saturated rings. The number of hydrogen-bond donors (Lipinski definition) is 1. The van der Waals surface area contributed by atoms with E-state index in [4.69, 9.17) is 9.47 Å². The topological polar surface area (TPSA) is 80.8 Å². The van der Waals surface area contributed by atoms with Crippen molar-refractivity contribution in [2.45, 2.75) is 39.0 Å². The smallest absolute Gasteiger partial charge is 0.416 e. The van der Waals surface area contributed by atoms with E-state index in [2.05, 4.69) is 10.3 Å². The molecule has 10 heteroatoms. The van der Waals surface area contributed by atoms with Crippen LogP contribution >= 0.6 is 0 Å². The molecular formula is C32H32F3N3O4. The molecule has 1 saturated heterocycles. The van der Waals surface area contributed by atoms with Crippen molar-refractivity contribution in [2.24, 2.45) is 0 Å². The zero-order valence-corrected chi connectivity index (χ0v) is 23.5. The summed E-state index contributed by atoms with van der Waals surface area (Å²) >= 11 is 0. The first kappa shape index (κ1) is 29.5. The first-order valence-corrected chi connectivity index (χ1v) is 13.7. The van der Waals surface area contributed by atoms with Gasteiger partial charge >= 0.3 is 12.1 Å². The fourth-order valence-electron chi connectivity index (χ4n) is 5.22. The number of alkyl halides is 3. The molecule has 1 aromatic heterocycles. The quantitative estimate of drug-likeness (QED) is 0.269. The Bertz CT molecular complexity index is 1530. The highest BCUT2D eigenvalue weighted by Gasteiger charge is 2.34. The number of fused-ring (bicyclic) bond motifs is 1. The molecule has 2 heterocycles. The van der Waals surface area contributed by atoms with Crippen LogP contribution in [0, 0.1) is 6.92 Å². The number of halogens is 3. The second-order valence-corrected chi connectivity index (χ2v) is 10.6. The molecule has 42 heavy (non-hydrogen) atoms. The Kier molecular flexibility index (Phi) is 8.74. The predicted molar refractivity (Wildman–Crippen MR) is 152 cm³/mol. The van der Waals surface area contributed by atoms with Gasteiger partial charge in [-0.15, -0.1) is 0 Å². The van der Waals surface area contributed by atoms with E-state index in [-0.39, 0.29) is 35.8 Å². The monoisotopic (exact) mass is 579 g/mol. The molecule has 0 unspecified atom stereocenters. The molecule has 2 aliphatic rings. The minimum atomic E-state index is -4.57. The van der Waals surface area contributed by atoms with E-state index in [1.165, 1.54) is 19.2 Å². The highest BCUT2D eigenvalue weighted by Crippen LogP contribution is 2.34. The van der Waals surface area contributed by atoms with Crippen molar-refractivity contribution in [1.29, 1.82) is 0 Å². The van der Waals surface area contributed by atoms with E-state index in [9.17, 15) is 22.8 Å². The van der Waals surface area contributed by atoms with Crippen LogP contribution in [0.2, 0.25) is 0 Å². The first-order chi connectivity index (χ1) is 20.1. The number of anilines is 1. The summed E-state index contributed by atoms with van der Waals surface area (Å²) in [5, 5.41) is 3.34. The van der Waals surface area contributed by atoms with Crippen LogP contribution in [0.1, 0.15) is 49.4 Å². The number of ketones is 1. The molecule has 3 aromatic rings. The number of nitrogens with zero attached hydrogens (tertiary/aromatic N) is 2. The van der Waals surface area contributed by atoms with Gasteiger partial charge in [0.15, 0.2) is 5.78 Å². The van der Waals surface area contributed by atoms with Crippen LogP contribution in [-0.4, -0.2) is 55.0 Å². The van der Waals surface area contributed by atoms with Gasteiger partial charge in [-0.25, -0.2) is 4.79 Å². The van der Waals surface area contributed by atoms with Gasteiger partial charge in [0.05, 0.1) is 43.5 Å². The summed E-state index contributed by atoms with van der Waals surface area (Å²) in [4.78, 5) is 31.4. The van der Waals surface area contributed by atoms with Gasteiger partial charge in [-0.05, 0) is 52.9 Å². The van der Waals surface area contributed by atoms with Crippen molar-refractivity contribution in [3.63, 3.8) is 0 Å². The van der Waals surface area contributed by atoms with Gasteiger partial charge in [0.25, 0.3) is 0 Å². The number of methoxy groups -OCH3 is 1. The van der Waals surface area contributed by atoms with E-state index in [0.29, 0.717) is 50.4 Å². The largest absolute Gasteiger partial charge is 0.466 e. The van der Waals surface area contributed by atoms with Crippen LogP contribution in [0.5, 0.6) is 0 Å². The summed E-state index contributed by atoms with van der Waals surface area (Å²) in [6.45, 7) is 4.69. The average molecular weight is 580 g/mol. The molecule has 1 aliphatic heterocycles. The number of carbonyl (C=O) groups excluding carboxylic acids is 2. The second-order valence-electron chi connectivity index (χ2n) is 10.6. The van der Waals surface area contributed by atoms with E-state index in [0.717, 1.165) is 34.1 Å². The van der Waals surface area contributed by atoms with Gasteiger partial charge in [-0.2, -0.15) is 13.2 Å². The Labute approximate surface area is 242 Å². The van der Waals surface area contributed by atoms with Crippen molar-refractivity contribution in [3.8, 4) is 0 Å². The molecule has 0 atom stereocenters. The molecule has 0 radical (unpaired) electrons. The number of aryl methyl sites for hydroxylation is 1. The maximum Gasteiger partial charge on any atom is 0.416 e. The summed E-state index contributed by atoms with van der Waals surface area (Å²) in [5.41, 5.74) is 5.08. The van der Waals surface area contributed by atoms with Crippen LogP contribution in [0.3, 0.4) is 0 Å². The van der Waals surface area contributed by atoms with Gasteiger partial charge in [-0.3, -0.25) is 14.7 Å². The number of carbonyl (C=O) groups is 2. The Morgan fingerprint density at radius 1 is 1.07 bits per heavy atom. The number of Topliss-reactive ketones (excluding diaryl/α,β-unsaturated/α-hetero) is 1. The molecule has 0 spiro atoms. The predicted octanol–water partition coefficient (Wildman–Crippen LogP) is 5.39. The maximum absolute atomic E-state index is 13.9. The van der Waals surface area contributed by atoms with Crippen LogP contribution in [0.25, 0.3) is 6.08 Å². The summed E-state index contributed by atoms with van der Waals surface area (Å²) in [6.07, 6.45) is -0.677. The van der Waals surface area contributed by atoms with E-state index in [1.54, 1.807) is 12.3 Å². The summed E-state index contributed by atoms with van der Waals surface area (Å²) in [7, 11) is 1.35. The third-order valence-corrected chi connectivity index (χ3v) is 7.64. The summed E-state index contributed by atoms with van der Waals surface area (Å²) < 4.78 is 51.9. The van der Waals surface area contributed by atoms with Gasteiger partial charge in [0.2, 0.25) is 0 Å². The molecule has 0 saturated carbocycles. The molecule has 7 nitrogen and oxygen atoms in total. The number of pyridine rings is 1. The number of nitrogens with one attached hydrogen (secondary N) is 1. The number of ether oxygens (including phenoxy) is 2. The van der Waals surface area contributed by atoms with Crippen molar-refractivity contribution in [3.05, 3.63) is 98.9 Å². The Morgan fingerprint density at radius 3 is 2.60 bits per heavy atom. The zero-order chi connectivity index (χ0) is 29.9. The fraction of sp³-hybridized carbons (Fsp3) is 0.344. The molecule has 5 rings (SSSR count). The highest BCUT2D eigenvalue weighted by molar-refractivity contribution is 5.98. The lowest BCUT2D eigenvalue weighted by atomic mass is 9.96. The number of esters is 1. The number of benzene rings is 2. The van der Waals surface area contributed by atoms with Gasteiger partial charge in [0, 0.05) is 50.2 Å². The van der Waals surface area contributed by atoms with E-state index < -0.39 is 11.7 Å². The summed E-state index contributed by atoms with van der Waals surface area (Å²) in [6, 6.07) is 11.4. The van der Waals surface area contributed by atoms with Gasteiger partial charge in [0.1, 0.15) is 0 Å². The highest BCUT2D eigenvalue weighted by atomic mass is 19.4. The first-order valence-electron chi connectivity index (χ1n) is 13.7. The average Bonchev–Trinajstić information content (AvgIpc) is 3.41. The summed E-state index contributed by atoms with van der Waals surface area (Å²) in [5.74, 6) is -0.750. The van der Waals surface area contributed by atoms with Gasteiger partial charge in [-0.1, -0.05) is 30.3 Å².